The van der Waals surface area contributed by atoms with E-state index >= 15 is 0 Å². The lowest BCUT2D eigenvalue weighted by molar-refractivity contribution is -0.140. The van der Waals surface area contributed by atoms with Crippen LogP contribution in [0.3, 0.4) is 0 Å². The molecule has 0 radical (unpaired) electrons. The number of rotatable bonds is 6. The molecule has 156 valence electrons. The number of hydrogen-bond acceptors (Lipinski definition) is 5. The predicted molar refractivity (Wildman–Crippen MR) is 112 cm³/mol. The number of benzene rings is 1. The maximum atomic E-state index is 13.0. The molecular formula is C21H27FN4O2S. The van der Waals surface area contributed by atoms with Gasteiger partial charge in [0.25, 0.3) is 0 Å². The fourth-order valence-electron chi connectivity index (χ4n) is 3.52. The fourth-order valence-corrected chi connectivity index (χ4v) is 4.48. The summed E-state index contributed by atoms with van der Waals surface area (Å²) >= 11 is 1.66. The molecule has 2 heterocycles. The van der Waals surface area contributed by atoms with E-state index in [9.17, 15) is 14.0 Å². The lowest BCUT2D eigenvalue weighted by Gasteiger charge is -2.40. The average molecular weight is 419 g/mol. The van der Waals surface area contributed by atoms with Gasteiger partial charge in [-0.15, -0.1) is 11.3 Å². The summed E-state index contributed by atoms with van der Waals surface area (Å²) in [5.41, 5.74) is 0.731. The lowest BCUT2D eigenvalue weighted by Crippen LogP contribution is -2.53. The van der Waals surface area contributed by atoms with Crippen molar-refractivity contribution < 1.29 is 14.0 Å². The van der Waals surface area contributed by atoms with Gasteiger partial charge in [0.05, 0.1) is 6.04 Å². The Hall–Kier alpha value is -2.29. The molecule has 1 aromatic carbocycles. The van der Waals surface area contributed by atoms with Crippen molar-refractivity contribution in [2.24, 2.45) is 0 Å². The second kappa shape index (κ2) is 9.96. The third-order valence-corrected chi connectivity index (χ3v) is 6.11. The minimum Gasteiger partial charge on any atom is -0.344 e. The number of nitrogens with one attached hydrogen (secondary N) is 2. The van der Waals surface area contributed by atoms with E-state index in [0.717, 1.165) is 31.7 Å². The molecule has 2 amide bonds. The Morgan fingerprint density at radius 3 is 2.41 bits per heavy atom. The Balaban J connectivity index is 1.59. The van der Waals surface area contributed by atoms with Crippen LogP contribution in [0.5, 0.6) is 0 Å². The summed E-state index contributed by atoms with van der Waals surface area (Å²) < 4.78 is 13.0. The number of piperazine rings is 1. The Labute approximate surface area is 174 Å². The van der Waals surface area contributed by atoms with E-state index in [0.29, 0.717) is 0 Å². The second-order valence-electron chi connectivity index (χ2n) is 7.37. The van der Waals surface area contributed by atoms with Crippen molar-refractivity contribution in [3.05, 3.63) is 58.0 Å². The van der Waals surface area contributed by atoms with Crippen molar-refractivity contribution in [1.29, 1.82) is 0 Å². The summed E-state index contributed by atoms with van der Waals surface area (Å²) in [6.07, 6.45) is 0. The number of nitrogens with zero attached hydrogens (tertiary/aromatic N) is 2. The van der Waals surface area contributed by atoms with Crippen LogP contribution in [0.1, 0.15) is 23.4 Å². The van der Waals surface area contributed by atoms with E-state index in [1.165, 1.54) is 17.0 Å². The van der Waals surface area contributed by atoms with E-state index in [4.69, 9.17) is 0 Å². The summed E-state index contributed by atoms with van der Waals surface area (Å²) in [5.74, 6) is -1.69. The molecule has 1 aliphatic heterocycles. The minimum absolute atomic E-state index is 0.0255. The molecule has 3 rings (SSSR count). The lowest BCUT2D eigenvalue weighted by atomic mass is 10.0. The van der Waals surface area contributed by atoms with Gasteiger partial charge in [-0.3, -0.25) is 14.5 Å². The van der Waals surface area contributed by atoms with E-state index < -0.39 is 11.8 Å². The Morgan fingerprint density at radius 2 is 1.79 bits per heavy atom. The van der Waals surface area contributed by atoms with Gasteiger partial charge in [0.15, 0.2) is 0 Å². The SMILES string of the molecule is C[C@@H](NC(=O)C(=O)NCc1ccc(F)cc1)[C@H](c1cccs1)N1CCN(C)CC1. The highest BCUT2D eigenvalue weighted by Gasteiger charge is 2.31. The van der Waals surface area contributed by atoms with Crippen LogP contribution in [0.25, 0.3) is 0 Å². The normalized spacial score (nSPS) is 17.5. The van der Waals surface area contributed by atoms with Gasteiger partial charge in [0.2, 0.25) is 0 Å². The van der Waals surface area contributed by atoms with Crippen molar-refractivity contribution in [1.82, 2.24) is 20.4 Å². The van der Waals surface area contributed by atoms with Crippen molar-refractivity contribution in [2.45, 2.75) is 25.6 Å². The van der Waals surface area contributed by atoms with Crippen LogP contribution >= 0.6 is 11.3 Å². The number of carbonyl (C=O) groups is 2. The monoisotopic (exact) mass is 418 g/mol. The molecule has 1 saturated heterocycles. The molecule has 2 N–H and O–H groups in total. The van der Waals surface area contributed by atoms with Gasteiger partial charge in [-0.25, -0.2) is 4.39 Å². The molecule has 29 heavy (non-hydrogen) atoms. The quantitative estimate of drug-likeness (QED) is 0.705. The standard InChI is InChI=1S/C21H27FN4O2S/c1-15(19(18-4-3-13-29-18)26-11-9-25(2)10-12-26)24-21(28)20(27)23-14-16-5-7-17(22)8-6-16/h3-8,13,15,19H,9-12,14H2,1-2H3,(H,23,27)(H,24,28)/t15-,19-/m1/s1. The first-order valence-corrected chi connectivity index (χ1v) is 10.6. The molecule has 0 unspecified atom stereocenters. The van der Waals surface area contributed by atoms with Crippen LogP contribution in [-0.2, 0) is 16.1 Å². The van der Waals surface area contributed by atoms with Crippen LogP contribution in [0.15, 0.2) is 41.8 Å². The number of thiophene rings is 1. The Kier molecular flexibility index (Phi) is 7.35. The minimum atomic E-state index is -0.690. The largest absolute Gasteiger partial charge is 0.344 e. The number of carbonyl (C=O) groups excluding carboxylic acids is 2. The van der Waals surface area contributed by atoms with Crippen molar-refractivity contribution in [2.75, 3.05) is 33.2 Å². The molecular weight excluding hydrogens is 391 g/mol. The first-order valence-electron chi connectivity index (χ1n) is 9.73. The third-order valence-electron chi connectivity index (χ3n) is 5.17. The molecule has 6 nitrogen and oxygen atoms in total. The van der Waals surface area contributed by atoms with Crippen molar-refractivity contribution in [3.63, 3.8) is 0 Å². The van der Waals surface area contributed by atoms with Crippen LogP contribution < -0.4 is 10.6 Å². The first kappa shape index (κ1) is 21.4. The van der Waals surface area contributed by atoms with Crippen molar-refractivity contribution in [3.8, 4) is 0 Å². The van der Waals surface area contributed by atoms with E-state index in [2.05, 4.69) is 33.5 Å². The maximum absolute atomic E-state index is 13.0. The molecule has 2 aromatic rings. The summed E-state index contributed by atoms with van der Waals surface area (Å²) in [7, 11) is 2.11. The molecule has 0 spiro atoms. The highest BCUT2D eigenvalue weighted by molar-refractivity contribution is 7.10. The van der Waals surface area contributed by atoms with Gasteiger partial charge in [-0.2, -0.15) is 0 Å². The zero-order valence-electron chi connectivity index (χ0n) is 16.7. The fraction of sp³-hybridized carbons (Fsp3) is 0.429. The zero-order valence-corrected chi connectivity index (χ0v) is 17.5. The average Bonchev–Trinajstić information content (AvgIpc) is 3.23. The van der Waals surface area contributed by atoms with Gasteiger partial charge < -0.3 is 15.5 Å². The van der Waals surface area contributed by atoms with Crippen LogP contribution in [0.4, 0.5) is 4.39 Å². The molecule has 1 aliphatic rings. The van der Waals surface area contributed by atoms with Crippen molar-refractivity contribution >= 4 is 23.2 Å². The van der Waals surface area contributed by atoms with Gasteiger partial charge in [0, 0.05) is 43.6 Å². The number of halogens is 1. The van der Waals surface area contributed by atoms with Gasteiger partial charge in [-0.05, 0) is 43.1 Å². The summed E-state index contributed by atoms with van der Waals surface area (Å²) in [4.78, 5) is 30.5. The predicted octanol–water partition coefficient (Wildman–Crippen LogP) is 2.00. The van der Waals surface area contributed by atoms with Gasteiger partial charge in [0.1, 0.15) is 5.82 Å². The number of hydrogen-bond donors (Lipinski definition) is 2. The van der Waals surface area contributed by atoms with Crippen LogP contribution in [0.2, 0.25) is 0 Å². The van der Waals surface area contributed by atoms with Gasteiger partial charge in [-0.1, -0.05) is 18.2 Å². The highest BCUT2D eigenvalue weighted by Crippen LogP contribution is 2.29. The molecule has 1 aromatic heterocycles. The molecule has 0 bridgehead atoms. The highest BCUT2D eigenvalue weighted by atomic mass is 32.1. The summed E-state index contributed by atoms with van der Waals surface area (Å²) in [5, 5.41) is 7.48. The number of likely N-dealkylation sites (N-methyl/N-ethyl adjacent to an activating group) is 1. The molecule has 0 aliphatic carbocycles. The topological polar surface area (TPSA) is 64.7 Å². The van der Waals surface area contributed by atoms with Crippen LogP contribution in [-0.4, -0.2) is 60.9 Å². The zero-order chi connectivity index (χ0) is 20.8. The summed E-state index contributed by atoms with van der Waals surface area (Å²) in [6, 6.07) is 9.69. The molecule has 1 fully saturated rings. The van der Waals surface area contributed by atoms with E-state index in [1.54, 1.807) is 23.5 Å². The maximum Gasteiger partial charge on any atom is 0.309 e. The second-order valence-corrected chi connectivity index (χ2v) is 8.35. The number of amides is 2. The smallest absolute Gasteiger partial charge is 0.309 e. The van der Waals surface area contributed by atoms with E-state index in [1.807, 2.05) is 18.4 Å². The third kappa shape index (κ3) is 5.85. The Bertz CT molecular complexity index is 805. The first-order chi connectivity index (χ1) is 13.9. The van der Waals surface area contributed by atoms with Crippen LogP contribution in [0, 0.1) is 5.82 Å². The van der Waals surface area contributed by atoms with E-state index in [-0.39, 0.29) is 24.4 Å². The Morgan fingerprint density at radius 1 is 1.10 bits per heavy atom. The molecule has 0 saturated carbocycles. The molecule has 2 atom stereocenters. The molecule has 8 heteroatoms. The van der Waals surface area contributed by atoms with Gasteiger partial charge >= 0.3 is 11.8 Å². The summed E-state index contributed by atoms with van der Waals surface area (Å²) in [6.45, 7) is 5.88.